The predicted octanol–water partition coefficient (Wildman–Crippen LogP) is 6.41. The number of halogens is 3. The number of benzene rings is 3. The van der Waals surface area contributed by atoms with Crippen molar-refractivity contribution >= 4 is 61.8 Å². The van der Waals surface area contributed by atoms with Gasteiger partial charge in [-0.3, -0.25) is 29.2 Å². The van der Waals surface area contributed by atoms with E-state index in [-0.39, 0.29) is 48.7 Å². The van der Waals surface area contributed by atoms with Gasteiger partial charge in [-0.2, -0.15) is 12.7 Å². The fourth-order valence-corrected chi connectivity index (χ4v) is 12.8. The number of carbonyl (C=O) groups is 4. The van der Waals surface area contributed by atoms with E-state index in [2.05, 4.69) is 52.9 Å². The van der Waals surface area contributed by atoms with Crippen LogP contribution in [0.3, 0.4) is 0 Å². The first-order valence-electron chi connectivity index (χ1n) is 24.2. The zero-order chi connectivity index (χ0) is 48.5. The second-order valence-corrected chi connectivity index (χ2v) is 21.6. The molecule has 6 aliphatic rings. The fraction of sp³-hybridized carbons (Fsp3) is 0.431. The van der Waals surface area contributed by atoms with E-state index in [1.807, 2.05) is 24.3 Å². The molecule has 5 fully saturated rings. The number of alkyl halides is 1. The summed E-state index contributed by atoms with van der Waals surface area (Å²) in [6.45, 7) is 7.04. The molecule has 2 aromatic heterocycles. The molecule has 15 nitrogen and oxygen atoms in total. The lowest BCUT2D eigenvalue weighted by Crippen LogP contribution is -2.52. The lowest BCUT2D eigenvalue weighted by atomic mass is 9.77. The SMILES string of the molecule is O=C1CCC(N2Cc3cc(N4CCC5(CCN(CC6CCN(c7ccc(-c8cnc9[nH]cc(C(=O)c%10c(F)ccc(NS(=O)(=O)N%11CC[C@@H](F)C%11)c%10F)c9c8)cc7)CC6)CC5)C4)ccc3C2=O)C(=O)N1. The van der Waals surface area contributed by atoms with E-state index in [0.717, 1.165) is 117 Å². The van der Waals surface area contributed by atoms with Crippen LogP contribution in [0.5, 0.6) is 0 Å². The number of aromatic nitrogens is 2. The van der Waals surface area contributed by atoms with Gasteiger partial charge in [-0.25, -0.2) is 18.2 Å². The fourth-order valence-electron chi connectivity index (χ4n) is 11.6. The largest absolute Gasteiger partial charge is 0.372 e. The number of amides is 3. The summed E-state index contributed by atoms with van der Waals surface area (Å²) in [4.78, 5) is 67.8. The maximum atomic E-state index is 15.8. The Morgan fingerprint density at radius 1 is 0.843 bits per heavy atom. The summed E-state index contributed by atoms with van der Waals surface area (Å²) in [5.74, 6) is -3.75. The van der Waals surface area contributed by atoms with Crippen molar-refractivity contribution in [2.75, 3.05) is 73.4 Å². The maximum absolute atomic E-state index is 15.8. The summed E-state index contributed by atoms with van der Waals surface area (Å²) in [5.41, 5.74) is 4.37. The van der Waals surface area contributed by atoms with Crippen LogP contribution in [0, 0.1) is 23.0 Å². The molecule has 0 aliphatic carbocycles. The summed E-state index contributed by atoms with van der Waals surface area (Å²) >= 11 is 0. The Morgan fingerprint density at radius 2 is 1.60 bits per heavy atom. The van der Waals surface area contributed by atoms with Gasteiger partial charge in [0.2, 0.25) is 17.6 Å². The third kappa shape index (κ3) is 8.69. The van der Waals surface area contributed by atoms with E-state index >= 15 is 8.78 Å². The number of likely N-dealkylation sites (tertiary alicyclic amines) is 1. The monoisotopic (exact) mass is 977 g/mol. The number of imide groups is 1. The van der Waals surface area contributed by atoms with Crippen molar-refractivity contribution in [3.8, 4) is 11.1 Å². The van der Waals surface area contributed by atoms with E-state index in [9.17, 15) is 32.0 Å². The number of fused-ring (bicyclic) bond motifs is 2. The predicted molar refractivity (Wildman–Crippen MR) is 257 cm³/mol. The molecule has 5 saturated heterocycles. The minimum atomic E-state index is -4.35. The van der Waals surface area contributed by atoms with E-state index < -0.39 is 57.0 Å². The first kappa shape index (κ1) is 46.1. The van der Waals surface area contributed by atoms with Crippen molar-refractivity contribution < 1.29 is 40.8 Å². The van der Waals surface area contributed by atoms with Gasteiger partial charge >= 0.3 is 10.2 Å². The highest BCUT2D eigenvalue weighted by Gasteiger charge is 2.43. The van der Waals surface area contributed by atoms with Crippen LogP contribution < -0.4 is 19.8 Å². The number of pyridine rings is 1. The molecular weight excluding hydrogens is 924 g/mol. The highest BCUT2D eigenvalue weighted by atomic mass is 32.2. The normalized spacial score (nSPS) is 22.4. The Kier molecular flexibility index (Phi) is 11.9. The van der Waals surface area contributed by atoms with Crippen LogP contribution in [0.15, 0.2) is 73.1 Å². The Bertz CT molecular complexity index is 3030. The highest BCUT2D eigenvalue weighted by molar-refractivity contribution is 7.90. The van der Waals surface area contributed by atoms with Crippen LogP contribution in [-0.2, 0) is 26.3 Å². The van der Waals surface area contributed by atoms with Crippen LogP contribution >= 0.6 is 0 Å². The Balaban J connectivity index is 0.671. The average Bonchev–Trinajstić information content (AvgIpc) is 4.17. The topological polar surface area (TPSA) is 171 Å². The smallest absolute Gasteiger partial charge is 0.301 e. The molecule has 1 spiro atoms. The molecule has 5 aromatic rings. The van der Waals surface area contributed by atoms with Crippen molar-refractivity contribution in [2.24, 2.45) is 11.3 Å². The van der Waals surface area contributed by atoms with Crippen LogP contribution in [-0.4, -0.2) is 127 Å². The number of nitrogens with one attached hydrogen (secondary N) is 3. The molecule has 6 aliphatic heterocycles. The second-order valence-electron chi connectivity index (χ2n) is 20.0. The van der Waals surface area contributed by atoms with Crippen LogP contribution in [0.4, 0.5) is 30.2 Å². The molecule has 19 heteroatoms. The van der Waals surface area contributed by atoms with E-state index in [4.69, 9.17) is 0 Å². The van der Waals surface area contributed by atoms with Crippen molar-refractivity contribution in [1.82, 2.24) is 29.4 Å². The molecule has 0 bridgehead atoms. The molecule has 366 valence electrons. The highest BCUT2D eigenvalue weighted by Crippen LogP contribution is 2.43. The minimum absolute atomic E-state index is 0.00622. The third-order valence-corrected chi connectivity index (χ3v) is 17.2. The molecule has 3 aromatic carbocycles. The number of aromatic amines is 1. The van der Waals surface area contributed by atoms with Gasteiger partial charge in [0.05, 0.1) is 11.3 Å². The first-order chi connectivity index (χ1) is 33.7. The van der Waals surface area contributed by atoms with Gasteiger partial charge in [-0.05, 0) is 129 Å². The number of piperidine rings is 3. The molecule has 3 N–H and O–H groups in total. The van der Waals surface area contributed by atoms with Gasteiger partial charge < -0.3 is 24.6 Å². The molecule has 70 heavy (non-hydrogen) atoms. The maximum Gasteiger partial charge on any atom is 0.301 e. The number of hydrogen-bond donors (Lipinski definition) is 3. The van der Waals surface area contributed by atoms with Gasteiger partial charge in [0.1, 0.15) is 23.7 Å². The number of ketones is 1. The van der Waals surface area contributed by atoms with Crippen molar-refractivity contribution in [3.05, 3.63) is 107 Å². The van der Waals surface area contributed by atoms with Crippen molar-refractivity contribution in [1.29, 1.82) is 0 Å². The number of H-pyrrole nitrogens is 1. The molecule has 8 heterocycles. The average molecular weight is 978 g/mol. The molecule has 11 rings (SSSR count). The number of anilines is 3. The summed E-state index contributed by atoms with van der Waals surface area (Å²) in [6, 6.07) is 17.0. The molecule has 2 atom stereocenters. The minimum Gasteiger partial charge on any atom is -0.372 e. The number of hydrogen-bond acceptors (Lipinski definition) is 10. The Hall–Kier alpha value is -6.31. The summed E-state index contributed by atoms with van der Waals surface area (Å²) in [7, 11) is -4.35. The van der Waals surface area contributed by atoms with Crippen LogP contribution in [0.2, 0.25) is 0 Å². The molecule has 1 unspecified atom stereocenters. The van der Waals surface area contributed by atoms with Crippen molar-refractivity contribution in [2.45, 2.75) is 70.1 Å². The first-order valence-corrected chi connectivity index (χ1v) is 25.7. The van der Waals surface area contributed by atoms with E-state index in [1.165, 1.54) is 6.20 Å². The van der Waals surface area contributed by atoms with Gasteiger partial charge in [0.15, 0.2) is 5.82 Å². The van der Waals surface area contributed by atoms with Crippen LogP contribution in [0.1, 0.15) is 83.2 Å². The van der Waals surface area contributed by atoms with Crippen LogP contribution in [0.25, 0.3) is 22.2 Å². The van der Waals surface area contributed by atoms with Crippen molar-refractivity contribution in [3.63, 3.8) is 0 Å². The zero-order valence-corrected chi connectivity index (χ0v) is 39.4. The Labute approximate surface area is 403 Å². The van der Waals surface area contributed by atoms with Gasteiger partial charge in [-0.15, -0.1) is 0 Å². The standard InChI is InChI=1S/C51H54F3N9O6S/c52-35-13-19-62(29-35)70(68,69)58-42-8-7-41(53)45(46(42)54)47(65)40-26-56-48-39(40)24-33(25-55-48)32-1-3-36(4-2-32)60-17-11-31(12-18-60)27-59-20-14-51(15-21-59)16-22-61(30-51)37-5-6-38-34(23-37)28-63(50(38)67)43-9-10-44(64)57-49(43)66/h1-8,23-26,31,35,43,58H,9-22,27-30H2,(H,55,56)(H,57,64,66)/t35-,43?/m1/s1. The number of carbonyl (C=O) groups excluding carboxylic acids is 4. The number of nitrogens with zero attached hydrogens (tertiary/aromatic N) is 6. The summed E-state index contributed by atoms with van der Waals surface area (Å²) < 4.78 is 73.3. The lowest BCUT2D eigenvalue weighted by molar-refractivity contribution is -0.136. The van der Waals surface area contributed by atoms with Gasteiger partial charge in [0.25, 0.3) is 5.91 Å². The zero-order valence-electron chi connectivity index (χ0n) is 38.6. The third-order valence-electron chi connectivity index (χ3n) is 15.7. The van der Waals surface area contributed by atoms with Gasteiger partial charge in [0, 0.05) is 105 Å². The van der Waals surface area contributed by atoms with Gasteiger partial charge in [-0.1, -0.05) is 12.1 Å². The summed E-state index contributed by atoms with van der Waals surface area (Å²) in [6.07, 6.45) is 7.89. The number of rotatable bonds is 11. The Morgan fingerprint density at radius 3 is 2.34 bits per heavy atom. The lowest BCUT2D eigenvalue weighted by Gasteiger charge is -2.42. The molecular formula is C51H54F3N9O6S. The van der Waals surface area contributed by atoms with E-state index in [0.29, 0.717) is 41.0 Å². The summed E-state index contributed by atoms with van der Waals surface area (Å²) in [5, 5.41) is 2.72. The van der Waals surface area contributed by atoms with E-state index in [1.54, 1.807) is 17.2 Å². The molecule has 3 amide bonds. The molecule has 0 saturated carbocycles. The molecule has 0 radical (unpaired) electrons. The second kappa shape index (κ2) is 18.1. The quantitative estimate of drug-likeness (QED) is 0.0993.